The Balaban J connectivity index is 2.33. The third-order valence-corrected chi connectivity index (χ3v) is 4.38. The van der Waals surface area contributed by atoms with Crippen molar-refractivity contribution < 1.29 is 12.8 Å². The molecule has 0 atom stereocenters. The summed E-state index contributed by atoms with van der Waals surface area (Å²) in [5.41, 5.74) is 0.0768. The van der Waals surface area contributed by atoms with Crippen LogP contribution in [0.3, 0.4) is 0 Å². The van der Waals surface area contributed by atoms with E-state index in [1.807, 2.05) is 0 Å². The van der Waals surface area contributed by atoms with Crippen LogP contribution in [0, 0.1) is 5.82 Å². The van der Waals surface area contributed by atoms with Crippen LogP contribution in [-0.2, 0) is 10.0 Å². The van der Waals surface area contributed by atoms with Gasteiger partial charge in [0.2, 0.25) is 0 Å². The van der Waals surface area contributed by atoms with Gasteiger partial charge in [0, 0.05) is 9.50 Å². The van der Waals surface area contributed by atoms with Gasteiger partial charge in [-0.2, -0.15) is 0 Å². The van der Waals surface area contributed by atoms with Gasteiger partial charge in [-0.1, -0.05) is 27.5 Å². The van der Waals surface area contributed by atoms with E-state index in [0.717, 1.165) is 16.6 Å². The molecule has 0 aliphatic rings. The first kappa shape index (κ1) is 14.3. The third-order valence-electron chi connectivity index (χ3n) is 2.24. The molecule has 0 saturated carbocycles. The summed E-state index contributed by atoms with van der Waals surface area (Å²) in [4.78, 5) is 0.0797. The summed E-state index contributed by atoms with van der Waals surface area (Å²) in [5, 5.41) is 0.119. The summed E-state index contributed by atoms with van der Waals surface area (Å²) in [7, 11) is -3.76. The molecule has 3 nitrogen and oxygen atoms in total. The number of rotatable bonds is 3. The van der Waals surface area contributed by atoms with Crippen molar-refractivity contribution in [3.8, 4) is 0 Å². The predicted molar refractivity (Wildman–Crippen MR) is 76.4 cm³/mol. The molecule has 0 aromatic heterocycles. The van der Waals surface area contributed by atoms with Gasteiger partial charge < -0.3 is 0 Å². The van der Waals surface area contributed by atoms with Crippen molar-refractivity contribution >= 4 is 43.2 Å². The Morgan fingerprint density at radius 2 is 1.74 bits per heavy atom. The highest BCUT2D eigenvalue weighted by atomic mass is 79.9. The van der Waals surface area contributed by atoms with E-state index >= 15 is 0 Å². The standard InChI is InChI=1S/C12H8BrClFNO2S/c13-8-1-3-12(4-2-8)19(17,18)16-11-6-9(14)5-10(15)7-11/h1-7,16H. The number of benzene rings is 2. The first-order valence-corrected chi connectivity index (χ1v) is 7.77. The molecule has 0 heterocycles. The molecule has 0 radical (unpaired) electrons. The van der Waals surface area contributed by atoms with E-state index in [9.17, 15) is 12.8 Å². The Hall–Kier alpha value is -1.11. The highest BCUT2D eigenvalue weighted by Gasteiger charge is 2.14. The molecule has 100 valence electrons. The molecule has 0 spiro atoms. The molecule has 0 bridgehead atoms. The fraction of sp³-hybridized carbons (Fsp3) is 0. The largest absolute Gasteiger partial charge is 0.279 e. The van der Waals surface area contributed by atoms with E-state index in [4.69, 9.17) is 11.6 Å². The summed E-state index contributed by atoms with van der Waals surface area (Å²) in [6, 6.07) is 9.57. The van der Waals surface area contributed by atoms with Crippen LogP contribution in [0.5, 0.6) is 0 Å². The van der Waals surface area contributed by atoms with Gasteiger partial charge in [0.05, 0.1) is 10.6 Å². The van der Waals surface area contributed by atoms with Crippen molar-refractivity contribution in [3.63, 3.8) is 0 Å². The molecule has 2 aromatic carbocycles. The molecular weight excluding hydrogens is 357 g/mol. The van der Waals surface area contributed by atoms with Crippen LogP contribution in [0.4, 0.5) is 10.1 Å². The van der Waals surface area contributed by atoms with Crippen molar-refractivity contribution in [1.29, 1.82) is 0 Å². The summed E-state index contributed by atoms with van der Waals surface area (Å²) >= 11 is 8.88. The van der Waals surface area contributed by atoms with E-state index in [-0.39, 0.29) is 15.6 Å². The number of sulfonamides is 1. The van der Waals surface area contributed by atoms with Crippen LogP contribution in [-0.4, -0.2) is 8.42 Å². The van der Waals surface area contributed by atoms with E-state index < -0.39 is 15.8 Å². The maximum atomic E-state index is 13.1. The highest BCUT2D eigenvalue weighted by molar-refractivity contribution is 9.10. The highest BCUT2D eigenvalue weighted by Crippen LogP contribution is 2.22. The van der Waals surface area contributed by atoms with Crippen molar-refractivity contribution in [1.82, 2.24) is 0 Å². The minimum atomic E-state index is -3.76. The molecule has 0 saturated heterocycles. The number of halogens is 3. The van der Waals surface area contributed by atoms with E-state index in [1.165, 1.54) is 18.2 Å². The van der Waals surface area contributed by atoms with Crippen LogP contribution in [0.25, 0.3) is 0 Å². The van der Waals surface area contributed by atoms with Gasteiger partial charge in [0.1, 0.15) is 5.82 Å². The fourth-order valence-electron chi connectivity index (χ4n) is 1.44. The minimum Gasteiger partial charge on any atom is -0.279 e. The van der Waals surface area contributed by atoms with Gasteiger partial charge >= 0.3 is 0 Å². The predicted octanol–water partition coefficient (Wildman–Crippen LogP) is 4.04. The zero-order chi connectivity index (χ0) is 14.0. The quantitative estimate of drug-likeness (QED) is 0.893. The van der Waals surface area contributed by atoms with Gasteiger partial charge in [-0.3, -0.25) is 4.72 Å². The molecule has 0 unspecified atom stereocenters. The second-order valence-electron chi connectivity index (χ2n) is 3.72. The first-order valence-electron chi connectivity index (χ1n) is 5.11. The van der Waals surface area contributed by atoms with Crippen LogP contribution in [0.1, 0.15) is 0 Å². The molecule has 0 aliphatic heterocycles. The maximum Gasteiger partial charge on any atom is 0.261 e. The molecule has 0 amide bonds. The second-order valence-corrected chi connectivity index (χ2v) is 6.75. The van der Waals surface area contributed by atoms with Gasteiger partial charge in [-0.25, -0.2) is 12.8 Å². The molecular formula is C12H8BrClFNO2S. The van der Waals surface area contributed by atoms with Crippen molar-refractivity contribution in [3.05, 3.63) is 57.8 Å². The van der Waals surface area contributed by atoms with E-state index in [1.54, 1.807) is 12.1 Å². The van der Waals surface area contributed by atoms with Crippen molar-refractivity contribution in [2.75, 3.05) is 4.72 Å². The lowest BCUT2D eigenvalue weighted by molar-refractivity contribution is 0.601. The van der Waals surface area contributed by atoms with Crippen LogP contribution in [0.15, 0.2) is 51.8 Å². The fourth-order valence-corrected chi connectivity index (χ4v) is 2.97. The van der Waals surface area contributed by atoms with Gasteiger partial charge in [-0.05, 0) is 42.5 Å². The lowest BCUT2D eigenvalue weighted by atomic mass is 10.3. The zero-order valence-electron chi connectivity index (χ0n) is 9.40. The normalized spacial score (nSPS) is 11.3. The maximum absolute atomic E-state index is 13.1. The zero-order valence-corrected chi connectivity index (χ0v) is 12.6. The van der Waals surface area contributed by atoms with Crippen molar-refractivity contribution in [2.45, 2.75) is 4.90 Å². The Bertz CT molecular complexity index is 684. The number of anilines is 1. The number of hydrogen-bond acceptors (Lipinski definition) is 2. The van der Waals surface area contributed by atoms with Gasteiger partial charge in [-0.15, -0.1) is 0 Å². The summed E-state index contributed by atoms with van der Waals surface area (Å²) in [6.07, 6.45) is 0. The molecule has 1 N–H and O–H groups in total. The van der Waals surface area contributed by atoms with E-state index in [2.05, 4.69) is 20.7 Å². The smallest absolute Gasteiger partial charge is 0.261 e. The van der Waals surface area contributed by atoms with Gasteiger partial charge in [0.15, 0.2) is 0 Å². The Labute approximate surface area is 123 Å². The molecule has 2 aromatic rings. The van der Waals surface area contributed by atoms with E-state index in [0.29, 0.717) is 0 Å². The third kappa shape index (κ3) is 3.68. The SMILES string of the molecule is O=S(=O)(Nc1cc(F)cc(Cl)c1)c1ccc(Br)cc1. The van der Waals surface area contributed by atoms with Crippen LogP contribution >= 0.6 is 27.5 Å². The number of nitrogens with one attached hydrogen (secondary N) is 1. The molecule has 0 aliphatic carbocycles. The summed E-state index contributed by atoms with van der Waals surface area (Å²) < 4.78 is 40.3. The summed E-state index contributed by atoms with van der Waals surface area (Å²) in [5.74, 6) is -0.610. The monoisotopic (exact) mass is 363 g/mol. The van der Waals surface area contributed by atoms with Crippen molar-refractivity contribution in [2.24, 2.45) is 0 Å². The molecule has 19 heavy (non-hydrogen) atoms. The lowest BCUT2D eigenvalue weighted by Gasteiger charge is -2.08. The minimum absolute atomic E-state index is 0.0768. The van der Waals surface area contributed by atoms with Crippen LogP contribution < -0.4 is 4.72 Å². The Kier molecular flexibility index (Phi) is 4.13. The number of hydrogen-bond donors (Lipinski definition) is 1. The average molecular weight is 365 g/mol. The topological polar surface area (TPSA) is 46.2 Å². The molecule has 2 rings (SSSR count). The summed E-state index contributed by atoms with van der Waals surface area (Å²) in [6.45, 7) is 0. The van der Waals surface area contributed by atoms with Gasteiger partial charge in [0.25, 0.3) is 10.0 Å². The van der Waals surface area contributed by atoms with Crippen LogP contribution in [0.2, 0.25) is 5.02 Å². The Morgan fingerprint density at radius 1 is 1.11 bits per heavy atom. The first-order chi connectivity index (χ1) is 8.87. The average Bonchev–Trinajstić information content (AvgIpc) is 2.27. The molecule has 7 heteroatoms. The Morgan fingerprint density at radius 3 is 2.32 bits per heavy atom. The molecule has 0 fully saturated rings. The second kappa shape index (κ2) is 5.48. The lowest BCUT2D eigenvalue weighted by Crippen LogP contribution is -2.12.